The first-order valence-corrected chi connectivity index (χ1v) is 8.21. The van der Waals surface area contributed by atoms with Crippen molar-refractivity contribution in [3.8, 4) is 5.75 Å². The number of carbonyl (C=O) groups excluding carboxylic acids is 1. The number of methoxy groups -OCH3 is 1. The molecule has 0 aliphatic heterocycles. The predicted octanol–water partition coefficient (Wildman–Crippen LogP) is 3.72. The zero-order valence-electron chi connectivity index (χ0n) is 13.9. The molecule has 1 aromatic carbocycles. The Bertz CT molecular complexity index is 662. The van der Waals surface area contributed by atoms with Gasteiger partial charge < -0.3 is 14.8 Å². The second-order valence-corrected chi connectivity index (χ2v) is 7.13. The molecule has 124 valence electrons. The van der Waals surface area contributed by atoms with Crippen LogP contribution in [0.2, 0.25) is 0 Å². The maximum absolute atomic E-state index is 12.3. The highest BCUT2D eigenvalue weighted by atomic mass is 32.1. The van der Waals surface area contributed by atoms with Gasteiger partial charge in [-0.15, -0.1) is 11.3 Å². The van der Waals surface area contributed by atoms with Crippen LogP contribution < -0.4 is 10.1 Å². The lowest BCUT2D eigenvalue weighted by molar-refractivity contribution is 0.103. The van der Waals surface area contributed by atoms with Crippen LogP contribution in [-0.2, 0) is 10.2 Å². The minimum absolute atomic E-state index is 0.0572. The fourth-order valence-electron chi connectivity index (χ4n) is 1.83. The number of amides is 1. The Labute approximate surface area is 140 Å². The highest BCUT2D eigenvalue weighted by Crippen LogP contribution is 2.27. The molecule has 0 spiro atoms. The lowest BCUT2D eigenvalue weighted by Gasteiger charge is -2.13. The Hall–Kier alpha value is -1.92. The van der Waals surface area contributed by atoms with Crippen molar-refractivity contribution in [1.82, 2.24) is 4.98 Å². The van der Waals surface area contributed by atoms with Gasteiger partial charge in [0.25, 0.3) is 5.91 Å². The maximum Gasteiger partial charge on any atom is 0.267 e. The minimum atomic E-state index is -0.160. The standard InChI is InChI=1S/C17H22N2O3S/c1-17(2,3)16-18-11-14(23-16)15(20)19-12-6-5-7-13(10-12)22-9-8-21-4/h5-7,10-11H,8-9H2,1-4H3,(H,19,20). The van der Waals surface area contributed by atoms with Crippen molar-refractivity contribution in [1.29, 1.82) is 0 Å². The molecule has 2 aromatic rings. The van der Waals surface area contributed by atoms with Gasteiger partial charge >= 0.3 is 0 Å². The van der Waals surface area contributed by atoms with Crippen molar-refractivity contribution in [3.05, 3.63) is 40.3 Å². The normalized spacial score (nSPS) is 11.3. The molecule has 0 saturated carbocycles. The second-order valence-electron chi connectivity index (χ2n) is 6.10. The molecule has 23 heavy (non-hydrogen) atoms. The molecule has 0 aliphatic carbocycles. The molecule has 1 N–H and O–H groups in total. The molecule has 0 atom stereocenters. The van der Waals surface area contributed by atoms with Crippen molar-refractivity contribution in [2.75, 3.05) is 25.6 Å². The zero-order chi connectivity index (χ0) is 16.9. The van der Waals surface area contributed by atoms with E-state index >= 15 is 0 Å². The minimum Gasteiger partial charge on any atom is -0.491 e. The van der Waals surface area contributed by atoms with E-state index in [0.717, 1.165) is 5.01 Å². The molecule has 0 aliphatic rings. The smallest absolute Gasteiger partial charge is 0.267 e. The summed E-state index contributed by atoms with van der Waals surface area (Å²) in [4.78, 5) is 17.3. The molecule has 1 aromatic heterocycles. The van der Waals surface area contributed by atoms with Crippen LogP contribution >= 0.6 is 11.3 Å². The van der Waals surface area contributed by atoms with E-state index in [2.05, 4.69) is 31.1 Å². The molecule has 1 amide bonds. The van der Waals surface area contributed by atoms with Crippen LogP contribution in [0.4, 0.5) is 5.69 Å². The molecular formula is C17H22N2O3S. The molecule has 2 rings (SSSR count). The van der Waals surface area contributed by atoms with Gasteiger partial charge in [0, 0.05) is 24.3 Å². The topological polar surface area (TPSA) is 60.5 Å². The van der Waals surface area contributed by atoms with E-state index in [1.165, 1.54) is 11.3 Å². The lowest BCUT2D eigenvalue weighted by atomic mass is 9.98. The van der Waals surface area contributed by atoms with E-state index < -0.39 is 0 Å². The Morgan fingerprint density at radius 2 is 2.09 bits per heavy atom. The van der Waals surface area contributed by atoms with Crippen molar-refractivity contribution in [2.45, 2.75) is 26.2 Å². The summed E-state index contributed by atoms with van der Waals surface area (Å²) in [5.74, 6) is 0.534. The van der Waals surface area contributed by atoms with E-state index in [1.54, 1.807) is 19.4 Å². The van der Waals surface area contributed by atoms with Crippen LogP contribution in [0.1, 0.15) is 35.5 Å². The van der Waals surface area contributed by atoms with Gasteiger partial charge in [0.1, 0.15) is 17.2 Å². The van der Waals surface area contributed by atoms with Crippen LogP contribution in [0.25, 0.3) is 0 Å². The Balaban J connectivity index is 2.02. The lowest BCUT2D eigenvalue weighted by Crippen LogP contribution is -2.11. The molecule has 0 bridgehead atoms. The largest absolute Gasteiger partial charge is 0.491 e. The summed E-state index contributed by atoms with van der Waals surface area (Å²) in [6, 6.07) is 7.30. The van der Waals surface area contributed by atoms with Gasteiger partial charge in [0.05, 0.1) is 17.8 Å². The summed E-state index contributed by atoms with van der Waals surface area (Å²) in [6.45, 7) is 7.22. The fourth-order valence-corrected chi connectivity index (χ4v) is 2.69. The summed E-state index contributed by atoms with van der Waals surface area (Å²) < 4.78 is 10.5. The van der Waals surface area contributed by atoms with Gasteiger partial charge in [-0.1, -0.05) is 26.8 Å². The van der Waals surface area contributed by atoms with Crippen molar-refractivity contribution < 1.29 is 14.3 Å². The van der Waals surface area contributed by atoms with Crippen LogP contribution in [0.15, 0.2) is 30.5 Å². The van der Waals surface area contributed by atoms with Crippen LogP contribution in [0.3, 0.4) is 0 Å². The maximum atomic E-state index is 12.3. The number of rotatable bonds is 6. The number of thiazole rings is 1. The average molecular weight is 334 g/mol. The van der Waals surface area contributed by atoms with Gasteiger partial charge in [-0.25, -0.2) is 4.98 Å². The van der Waals surface area contributed by atoms with Gasteiger partial charge in [0.2, 0.25) is 0 Å². The number of anilines is 1. The van der Waals surface area contributed by atoms with E-state index in [-0.39, 0.29) is 11.3 Å². The fraction of sp³-hybridized carbons (Fsp3) is 0.412. The van der Waals surface area contributed by atoms with E-state index in [0.29, 0.717) is 29.5 Å². The first kappa shape index (κ1) is 17.4. The molecule has 0 fully saturated rings. The summed E-state index contributed by atoms with van der Waals surface area (Å²) in [5.41, 5.74) is 0.633. The molecular weight excluding hydrogens is 312 g/mol. The first-order chi connectivity index (χ1) is 10.9. The number of ether oxygens (including phenoxy) is 2. The van der Waals surface area contributed by atoms with Crippen molar-refractivity contribution in [3.63, 3.8) is 0 Å². The number of carbonyl (C=O) groups is 1. The Morgan fingerprint density at radius 3 is 2.74 bits per heavy atom. The highest BCUT2D eigenvalue weighted by molar-refractivity contribution is 7.13. The summed E-state index contributed by atoms with van der Waals surface area (Å²) in [5, 5.41) is 3.82. The zero-order valence-corrected chi connectivity index (χ0v) is 14.7. The molecule has 0 unspecified atom stereocenters. The van der Waals surface area contributed by atoms with Gasteiger partial charge in [-0.3, -0.25) is 4.79 Å². The quantitative estimate of drug-likeness (QED) is 0.818. The summed E-state index contributed by atoms with van der Waals surface area (Å²) >= 11 is 1.42. The molecule has 0 saturated heterocycles. The number of nitrogens with zero attached hydrogens (tertiary/aromatic N) is 1. The summed E-state index contributed by atoms with van der Waals surface area (Å²) in [6.07, 6.45) is 1.62. The second kappa shape index (κ2) is 7.57. The van der Waals surface area contributed by atoms with E-state index in [4.69, 9.17) is 9.47 Å². The van der Waals surface area contributed by atoms with Gasteiger partial charge in [0.15, 0.2) is 0 Å². The van der Waals surface area contributed by atoms with Crippen molar-refractivity contribution >= 4 is 22.9 Å². The first-order valence-electron chi connectivity index (χ1n) is 7.39. The van der Waals surface area contributed by atoms with Crippen LogP contribution in [-0.4, -0.2) is 31.2 Å². The number of hydrogen-bond acceptors (Lipinski definition) is 5. The number of hydrogen-bond donors (Lipinski definition) is 1. The van der Waals surface area contributed by atoms with Crippen LogP contribution in [0, 0.1) is 0 Å². The van der Waals surface area contributed by atoms with Gasteiger partial charge in [-0.2, -0.15) is 0 Å². The third kappa shape index (κ3) is 5.04. The number of nitrogens with one attached hydrogen (secondary N) is 1. The third-order valence-corrected chi connectivity index (χ3v) is 4.44. The SMILES string of the molecule is COCCOc1cccc(NC(=O)c2cnc(C(C)(C)C)s2)c1. The Morgan fingerprint density at radius 1 is 1.30 bits per heavy atom. The number of benzene rings is 1. The summed E-state index contributed by atoms with van der Waals surface area (Å²) in [7, 11) is 1.63. The van der Waals surface area contributed by atoms with E-state index in [9.17, 15) is 4.79 Å². The average Bonchev–Trinajstić information content (AvgIpc) is 2.98. The number of aromatic nitrogens is 1. The highest BCUT2D eigenvalue weighted by Gasteiger charge is 2.20. The molecule has 5 nitrogen and oxygen atoms in total. The van der Waals surface area contributed by atoms with Crippen molar-refractivity contribution in [2.24, 2.45) is 0 Å². The molecule has 6 heteroatoms. The monoisotopic (exact) mass is 334 g/mol. The third-order valence-electron chi connectivity index (χ3n) is 3.02. The van der Waals surface area contributed by atoms with E-state index in [1.807, 2.05) is 18.2 Å². The van der Waals surface area contributed by atoms with Gasteiger partial charge in [-0.05, 0) is 12.1 Å². The van der Waals surface area contributed by atoms with Crippen LogP contribution in [0.5, 0.6) is 5.75 Å². The Kier molecular flexibility index (Phi) is 5.74. The molecule has 0 radical (unpaired) electrons. The molecule has 1 heterocycles. The predicted molar refractivity (Wildman–Crippen MR) is 92.6 cm³/mol.